The third-order valence-corrected chi connectivity index (χ3v) is 5.36. The Balaban J connectivity index is 1.65. The summed E-state index contributed by atoms with van der Waals surface area (Å²) in [5, 5.41) is 3.02. The van der Waals surface area contributed by atoms with Gasteiger partial charge in [0.05, 0.1) is 11.3 Å². The van der Waals surface area contributed by atoms with Crippen LogP contribution in [-0.4, -0.2) is 49.4 Å². The third-order valence-electron chi connectivity index (χ3n) is 4.19. The number of hydrogen-bond donors (Lipinski definition) is 2. The molecule has 0 bridgehead atoms. The topological polar surface area (TPSA) is 105 Å². The summed E-state index contributed by atoms with van der Waals surface area (Å²) in [6.07, 6.45) is 8.51. The van der Waals surface area contributed by atoms with Crippen molar-refractivity contribution >= 4 is 21.8 Å². The Kier molecular flexibility index (Phi) is 4.05. The maximum Gasteiger partial charge on any atom is 0.256 e. The number of amidine groups is 1. The molecule has 0 aromatic heterocycles. The van der Waals surface area contributed by atoms with Crippen LogP contribution in [0.5, 0.6) is 0 Å². The second-order valence-electron chi connectivity index (χ2n) is 5.93. The van der Waals surface area contributed by atoms with E-state index in [-0.39, 0.29) is 23.7 Å². The number of amides is 1. The van der Waals surface area contributed by atoms with Crippen LogP contribution in [0.4, 0.5) is 0 Å². The predicted octanol–water partition coefficient (Wildman–Crippen LogP) is -0.130. The molecule has 0 unspecified atom stereocenters. The van der Waals surface area contributed by atoms with E-state index in [1.165, 1.54) is 0 Å². The minimum atomic E-state index is -3.37. The van der Waals surface area contributed by atoms with Gasteiger partial charge in [0.2, 0.25) is 0 Å². The van der Waals surface area contributed by atoms with E-state index in [0.717, 1.165) is 25.7 Å². The van der Waals surface area contributed by atoms with Crippen molar-refractivity contribution in [3.8, 4) is 0 Å². The quantitative estimate of drug-likeness (QED) is 0.736. The number of sulfonamides is 1. The van der Waals surface area contributed by atoms with Gasteiger partial charge in [0.15, 0.2) is 0 Å². The lowest BCUT2D eigenvalue weighted by molar-refractivity contribution is -0.118. The Morgan fingerprint density at radius 2 is 2.00 bits per heavy atom. The molecule has 1 saturated carbocycles. The number of carbonyl (C=O) groups excluding carboxylic acids is 1. The molecule has 120 valence electrons. The molecule has 1 fully saturated rings. The fourth-order valence-corrected chi connectivity index (χ4v) is 3.84. The molecule has 2 heterocycles. The van der Waals surface area contributed by atoms with Crippen molar-refractivity contribution in [3.05, 3.63) is 23.9 Å². The summed E-state index contributed by atoms with van der Waals surface area (Å²) in [4.78, 5) is 14.0. The van der Waals surface area contributed by atoms with E-state index < -0.39 is 10.0 Å². The van der Waals surface area contributed by atoms with Gasteiger partial charge in [0, 0.05) is 24.8 Å². The van der Waals surface area contributed by atoms with E-state index in [2.05, 4.69) is 9.71 Å². The molecule has 3 aliphatic rings. The summed E-state index contributed by atoms with van der Waals surface area (Å²) < 4.78 is 26.6. The molecule has 3 N–H and O–H groups in total. The van der Waals surface area contributed by atoms with E-state index in [4.69, 9.17) is 5.73 Å². The normalized spacial score (nSPS) is 30.1. The van der Waals surface area contributed by atoms with Crippen LogP contribution < -0.4 is 11.1 Å². The average molecular weight is 324 g/mol. The van der Waals surface area contributed by atoms with Gasteiger partial charge >= 0.3 is 0 Å². The maximum atomic E-state index is 12.3. The van der Waals surface area contributed by atoms with Crippen LogP contribution in [0.1, 0.15) is 25.7 Å². The number of fused-ring (bicyclic) bond motifs is 1. The van der Waals surface area contributed by atoms with Gasteiger partial charge in [-0.15, -0.1) is 4.40 Å². The molecule has 0 saturated heterocycles. The zero-order chi connectivity index (χ0) is 15.7. The molecule has 2 aliphatic heterocycles. The summed E-state index contributed by atoms with van der Waals surface area (Å²) in [6, 6.07) is 0.411. The highest BCUT2D eigenvalue weighted by Crippen LogP contribution is 2.19. The summed E-state index contributed by atoms with van der Waals surface area (Å²) in [5.41, 5.74) is 6.38. The van der Waals surface area contributed by atoms with Crippen LogP contribution >= 0.6 is 0 Å². The van der Waals surface area contributed by atoms with Gasteiger partial charge in [-0.25, -0.2) is 8.42 Å². The first kappa shape index (κ1) is 15.2. The number of nitrogens with one attached hydrogen (secondary N) is 1. The number of hydrogen-bond acceptors (Lipinski definition) is 5. The highest BCUT2D eigenvalue weighted by molar-refractivity contribution is 7.90. The van der Waals surface area contributed by atoms with Gasteiger partial charge in [-0.3, -0.25) is 4.79 Å². The van der Waals surface area contributed by atoms with Crippen LogP contribution in [0.2, 0.25) is 0 Å². The smallest absolute Gasteiger partial charge is 0.256 e. The van der Waals surface area contributed by atoms with Crippen molar-refractivity contribution < 1.29 is 13.2 Å². The van der Waals surface area contributed by atoms with Crippen LogP contribution in [0.15, 0.2) is 28.3 Å². The average Bonchev–Trinajstić information content (AvgIpc) is 2.48. The molecule has 0 spiro atoms. The Morgan fingerprint density at radius 1 is 1.27 bits per heavy atom. The Hall–Kier alpha value is -1.67. The molecule has 1 aliphatic carbocycles. The molecule has 0 aromatic rings. The van der Waals surface area contributed by atoms with Crippen LogP contribution in [0.25, 0.3) is 0 Å². The summed E-state index contributed by atoms with van der Waals surface area (Å²) in [7, 11) is -3.37. The lowest BCUT2D eigenvalue weighted by Gasteiger charge is -2.29. The van der Waals surface area contributed by atoms with Gasteiger partial charge in [-0.05, 0) is 37.8 Å². The standard InChI is InChI=1S/C14H20N4O3S/c15-11-2-4-12(5-3-11)16-14(19)10-1-6-13-17-22(20,21)8-7-18(13)9-10/h1,6,9,11-12H,2-5,7-8,15H2,(H,16,19). The molecule has 0 radical (unpaired) electrons. The first-order valence-electron chi connectivity index (χ1n) is 7.48. The molecule has 8 heteroatoms. The van der Waals surface area contributed by atoms with E-state index in [9.17, 15) is 13.2 Å². The first-order chi connectivity index (χ1) is 10.4. The molecule has 0 aromatic carbocycles. The maximum absolute atomic E-state index is 12.3. The summed E-state index contributed by atoms with van der Waals surface area (Å²) >= 11 is 0. The van der Waals surface area contributed by atoms with Gasteiger partial charge in [0.25, 0.3) is 15.9 Å². The zero-order valence-electron chi connectivity index (χ0n) is 12.2. The van der Waals surface area contributed by atoms with E-state index in [1.54, 1.807) is 23.3 Å². The largest absolute Gasteiger partial charge is 0.349 e. The van der Waals surface area contributed by atoms with E-state index >= 15 is 0 Å². The van der Waals surface area contributed by atoms with Gasteiger partial charge < -0.3 is 16.0 Å². The fourth-order valence-electron chi connectivity index (χ4n) is 2.87. The second-order valence-corrected chi connectivity index (χ2v) is 7.69. The van der Waals surface area contributed by atoms with E-state index in [1.807, 2.05) is 0 Å². The van der Waals surface area contributed by atoms with Gasteiger partial charge in [0.1, 0.15) is 5.84 Å². The first-order valence-corrected chi connectivity index (χ1v) is 9.09. The predicted molar refractivity (Wildman–Crippen MR) is 83.5 cm³/mol. The highest BCUT2D eigenvalue weighted by atomic mass is 32.2. The minimum absolute atomic E-state index is 0.0315. The van der Waals surface area contributed by atoms with Crippen molar-refractivity contribution in [1.82, 2.24) is 10.2 Å². The van der Waals surface area contributed by atoms with Crippen molar-refractivity contribution in [2.75, 3.05) is 12.3 Å². The monoisotopic (exact) mass is 324 g/mol. The minimum Gasteiger partial charge on any atom is -0.349 e. The van der Waals surface area contributed by atoms with Crippen molar-refractivity contribution in [2.24, 2.45) is 10.1 Å². The van der Waals surface area contributed by atoms with Gasteiger partial charge in [-0.2, -0.15) is 0 Å². The van der Waals surface area contributed by atoms with Gasteiger partial charge in [-0.1, -0.05) is 0 Å². The summed E-state index contributed by atoms with van der Waals surface area (Å²) in [5.74, 6) is 0.201. The Labute approximate surface area is 130 Å². The summed E-state index contributed by atoms with van der Waals surface area (Å²) in [6.45, 7) is 0.320. The zero-order valence-corrected chi connectivity index (χ0v) is 13.1. The second kappa shape index (κ2) is 5.85. The number of carbonyl (C=O) groups is 1. The number of nitrogens with two attached hydrogens (primary N) is 1. The van der Waals surface area contributed by atoms with E-state index in [0.29, 0.717) is 18.0 Å². The lowest BCUT2D eigenvalue weighted by atomic mass is 9.91. The van der Waals surface area contributed by atoms with Crippen molar-refractivity contribution in [2.45, 2.75) is 37.8 Å². The fraction of sp³-hybridized carbons (Fsp3) is 0.571. The van der Waals surface area contributed by atoms with Crippen LogP contribution in [0.3, 0.4) is 0 Å². The lowest BCUT2D eigenvalue weighted by Crippen LogP contribution is -2.42. The molecule has 0 atom stereocenters. The van der Waals surface area contributed by atoms with Crippen molar-refractivity contribution in [1.29, 1.82) is 0 Å². The van der Waals surface area contributed by atoms with Crippen LogP contribution in [-0.2, 0) is 14.8 Å². The Bertz CT molecular complexity index is 658. The molecule has 3 rings (SSSR count). The SMILES string of the molecule is NC1CCC(NC(=O)C2=CN3CCS(=O)(=O)N=C3C=C2)CC1. The molecular weight excluding hydrogens is 304 g/mol. The van der Waals surface area contributed by atoms with Crippen molar-refractivity contribution in [3.63, 3.8) is 0 Å². The molecule has 7 nitrogen and oxygen atoms in total. The number of nitrogens with zero attached hydrogens (tertiary/aromatic N) is 2. The Morgan fingerprint density at radius 3 is 2.73 bits per heavy atom. The third kappa shape index (κ3) is 3.38. The molecule has 1 amide bonds. The van der Waals surface area contributed by atoms with Crippen LogP contribution in [0, 0.1) is 0 Å². The molecule has 22 heavy (non-hydrogen) atoms. The number of rotatable bonds is 2. The molecular formula is C14H20N4O3S. The highest BCUT2D eigenvalue weighted by Gasteiger charge is 2.26.